The fraction of sp³-hybridized carbons (Fsp3) is 0.625. The van der Waals surface area contributed by atoms with Crippen molar-refractivity contribution in [3.8, 4) is 0 Å². The van der Waals surface area contributed by atoms with Gasteiger partial charge in [-0.1, -0.05) is 0 Å². The van der Waals surface area contributed by atoms with Crippen LogP contribution in [0.1, 0.15) is 25.5 Å². The first kappa shape index (κ1) is 8.08. The molecule has 1 saturated heterocycles. The first-order chi connectivity index (χ1) is 5.88. The lowest BCUT2D eigenvalue weighted by molar-refractivity contribution is -0.0318. The monoisotopic (exact) mass is 186 g/mol. The number of nitrogens with zero attached hydrogens (tertiary/aromatic N) is 2. The molecule has 0 bridgehead atoms. The van der Waals surface area contributed by atoms with E-state index in [-0.39, 0.29) is 6.23 Å². The molecule has 0 amide bonds. The van der Waals surface area contributed by atoms with E-state index in [2.05, 4.69) is 4.98 Å². The lowest BCUT2D eigenvalue weighted by atomic mass is 10.2. The van der Waals surface area contributed by atoms with Crippen molar-refractivity contribution in [3.05, 3.63) is 17.7 Å². The highest BCUT2D eigenvalue weighted by molar-refractivity contribution is 6.28. The van der Waals surface area contributed by atoms with Crippen LogP contribution in [0.25, 0.3) is 0 Å². The third-order valence-corrected chi connectivity index (χ3v) is 2.38. The summed E-state index contributed by atoms with van der Waals surface area (Å²) in [4.78, 5) is 3.94. The third-order valence-electron chi connectivity index (χ3n) is 2.09. The molecule has 0 aromatic carbocycles. The summed E-state index contributed by atoms with van der Waals surface area (Å²) in [5.41, 5.74) is 0. The Labute approximate surface area is 76.3 Å². The van der Waals surface area contributed by atoms with Crippen molar-refractivity contribution >= 4 is 11.6 Å². The number of halogens is 1. The highest BCUT2D eigenvalue weighted by atomic mass is 35.5. The van der Waals surface area contributed by atoms with E-state index in [9.17, 15) is 0 Å². The summed E-state index contributed by atoms with van der Waals surface area (Å²) in [6.07, 6.45) is 7.06. The normalized spacial score (nSPS) is 24.2. The molecule has 0 spiro atoms. The molecule has 0 N–H and O–H groups in total. The van der Waals surface area contributed by atoms with Crippen molar-refractivity contribution in [2.45, 2.75) is 25.5 Å². The second-order valence-corrected chi connectivity index (χ2v) is 3.26. The summed E-state index contributed by atoms with van der Waals surface area (Å²) in [5, 5.41) is 0.516. The topological polar surface area (TPSA) is 27.1 Å². The molecule has 0 aliphatic carbocycles. The Morgan fingerprint density at radius 1 is 1.58 bits per heavy atom. The van der Waals surface area contributed by atoms with E-state index in [4.69, 9.17) is 16.3 Å². The number of aromatic nitrogens is 2. The minimum atomic E-state index is 0.105. The molecule has 4 heteroatoms. The summed E-state index contributed by atoms with van der Waals surface area (Å²) >= 11 is 5.84. The van der Waals surface area contributed by atoms with Gasteiger partial charge in [0.2, 0.25) is 5.28 Å². The standard InChI is InChI=1S/C8H11ClN2O/c9-8-10-4-5-11(8)7-3-1-2-6-12-7/h4-5,7H,1-3,6H2/t7-/m0/s1. The molecule has 1 aliphatic rings. The molecule has 1 aromatic heterocycles. The summed E-state index contributed by atoms with van der Waals surface area (Å²) in [7, 11) is 0. The Balaban J connectivity index is 2.13. The largest absolute Gasteiger partial charge is 0.358 e. The fourth-order valence-corrected chi connectivity index (χ4v) is 1.67. The highest BCUT2D eigenvalue weighted by Crippen LogP contribution is 2.24. The van der Waals surface area contributed by atoms with Crippen molar-refractivity contribution in [2.75, 3.05) is 6.61 Å². The van der Waals surface area contributed by atoms with Gasteiger partial charge in [0.15, 0.2) is 0 Å². The van der Waals surface area contributed by atoms with Crippen molar-refractivity contribution in [1.29, 1.82) is 0 Å². The summed E-state index contributed by atoms with van der Waals surface area (Å²) in [6, 6.07) is 0. The molecule has 1 aliphatic heterocycles. The lowest BCUT2D eigenvalue weighted by Crippen LogP contribution is -2.17. The zero-order valence-corrected chi connectivity index (χ0v) is 7.50. The van der Waals surface area contributed by atoms with Crippen LogP contribution in [-0.4, -0.2) is 16.2 Å². The number of hydrogen-bond acceptors (Lipinski definition) is 2. The molecule has 0 unspecified atom stereocenters. The molecular weight excluding hydrogens is 176 g/mol. The molecule has 12 heavy (non-hydrogen) atoms. The van der Waals surface area contributed by atoms with Gasteiger partial charge in [-0.25, -0.2) is 4.98 Å². The maximum Gasteiger partial charge on any atom is 0.204 e. The zero-order chi connectivity index (χ0) is 8.39. The number of hydrogen-bond donors (Lipinski definition) is 0. The number of ether oxygens (including phenoxy) is 1. The van der Waals surface area contributed by atoms with Crippen LogP contribution in [0.3, 0.4) is 0 Å². The zero-order valence-electron chi connectivity index (χ0n) is 6.74. The predicted molar refractivity (Wildman–Crippen MR) is 46.1 cm³/mol. The first-order valence-electron chi connectivity index (χ1n) is 4.18. The van der Waals surface area contributed by atoms with Gasteiger partial charge in [0.25, 0.3) is 0 Å². The molecule has 1 fully saturated rings. The van der Waals surface area contributed by atoms with Crippen LogP contribution < -0.4 is 0 Å². The molecule has 1 aromatic rings. The van der Waals surface area contributed by atoms with Crippen LogP contribution in [0.15, 0.2) is 12.4 Å². The van der Waals surface area contributed by atoms with E-state index < -0.39 is 0 Å². The van der Waals surface area contributed by atoms with Gasteiger partial charge in [0, 0.05) is 19.0 Å². The van der Waals surface area contributed by atoms with Crippen molar-refractivity contribution in [3.63, 3.8) is 0 Å². The van der Waals surface area contributed by atoms with E-state index in [1.54, 1.807) is 6.20 Å². The van der Waals surface area contributed by atoms with Crippen molar-refractivity contribution in [1.82, 2.24) is 9.55 Å². The van der Waals surface area contributed by atoms with Crippen LogP contribution in [0.2, 0.25) is 5.28 Å². The molecular formula is C8H11ClN2O. The average Bonchev–Trinajstić information content (AvgIpc) is 2.53. The minimum absolute atomic E-state index is 0.105. The van der Waals surface area contributed by atoms with Gasteiger partial charge in [0.05, 0.1) is 0 Å². The van der Waals surface area contributed by atoms with Crippen molar-refractivity contribution in [2.24, 2.45) is 0 Å². The van der Waals surface area contributed by atoms with E-state index >= 15 is 0 Å². The fourth-order valence-electron chi connectivity index (χ4n) is 1.45. The van der Waals surface area contributed by atoms with Crippen LogP contribution in [-0.2, 0) is 4.74 Å². The van der Waals surface area contributed by atoms with Crippen molar-refractivity contribution < 1.29 is 4.74 Å². The Kier molecular flexibility index (Phi) is 2.33. The second kappa shape index (κ2) is 3.46. The average molecular weight is 187 g/mol. The van der Waals surface area contributed by atoms with Gasteiger partial charge in [-0.3, -0.25) is 4.57 Å². The second-order valence-electron chi connectivity index (χ2n) is 2.92. The van der Waals surface area contributed by atoms with E-state index in [1.807, 2.05) is 10.8 Å². The van der Waals surface area contributed by atoms with Gasteiger partial charge in [0.1, 0.15) is 6.23 Å². The Morgan fingerprint density at radius 2 is 2.50 bits per heavy atom. The van der Waals surface area contributed by atoms with Gasteiger partial charge in [-0.15, -0.1) is 0 Å². The van der Waals surface area contributed by atoms with E-state index in [0.29, 0.717) is 5.28 Å². The van der Waals surface area contributed by atoms with Gasteiger partial charge in [-0.2, -0.15) is 0 Å². The first-order valence-corrected chi connectivity index (χ1v) is 4.55. The smallest absolute Gasteiger partial charge is 0.204 e. The predicted octanol–water partition coefficient (Wildman–Crippen LogP) is 2.24. The van der Waals surface area contributed by atoms with E-state index in [1.165, 1.54) is 6.42 Å². The van der Waals surface area contributed by atoms with E-state index in [0.717, 1.165) is 19.4 Å². The Hall–Kier alpha value is -0.540. The molecule has 0 saturated carbocycles. The SMILES string of the molecule is Clc1nccn1[C@@H]1CCCCO1. The van der Waals surface area contributed by atoms with Gasteiger partial charge in [-0.05, 0) is 30.9 Å². The van der Waals surface area contributed by atoms with Crippen LogP contribution in [0.4, 0.5) is 0 Å². The summed E-state index contributed by atoms with van der Waals surface area (Å²) in [5.74, 6) is 0. The van der Waals surface area contributed by atoms with Gasteiger partial charge < -0.3 is 4.74 Å². The molecule has 0 radical (unpaired) electrons. The number of imidazole rings is 1. The Bertz CT molecular complexity index is 255. The summed E-state index contributed by atoms with van der Waals surface area (Å²) < 4.78 is 7.42. The molecule has 1 atom stereocenters. The molecule has 66 valence electrons. The number of rotatable bonds is 1. The van der Waals surface area contributed by atoms with Crippen LogP contribution in [0, 0.1) is 0 Å². The summed E-state index contributed by atoms with van der Waals surface area (Å²) in [6.45, 7) is 0.833. The maximum absolute atomic E-state index is 5.84. The van der Waals surface area contributed by atoms with Crippen LogP contribution in [0.5, 0.6) is 0 Å². The maximum atomic E-state index is 5.84. The third kappa shape index (κ3) is 1.47. The van der Waals surface area contributed by atoms with Gasteiger partial charge >= 0.3 is 0 Å². The highest BCUT2D eigenvalue weighted by Gasteiger charge is 2.16. The van der Waals surface area contributed by atoms with Crippen LogP contribution >= 0.6 is 11.6 Å². The molecule has 3 nitrogen and oxygen atoms in total. The minimum Gasteiger partial charge on any atom is -0.358 e. The molecule has 2 heterocycles. The molecule has 2 rings (SSSR count). The quantitative estimate of drug-likeness (QED) is 0.673. The Morgan fingerprint density at radius 3 is 3.08 bits per heavy atom. The lowest BCUT2D eigenvalue weighted by Gasteiger charge is -2.23.